The maximum atomic E-state index is 12.0. The van der Waals surface area contributed by atoms with Gasteiger partial charge in [0.15, 0.2) is 0 Å². The maximum Gasteiger partial charge on any atom is 0.341 e. The lowest BCUT2D eigenvalue weighted by atomic mass is 9.96. The number of ether oxygens (including phenoxy) is 3. The molecule has 0 aliphatic rings. The van der Waals surface area contributed by atoms with E-state index < -0.39 is 5.97 Å². The van der Waals surface area contributed by atoms with E-state index in [4.69, 9.17) is 14.2 Å². The molecule has 24 heavy (non-hydrogen) atoms. The Morgan fingerprint density at radius 3 is 2.50 bits per heavy atom. The molecule has 0 bridgehead atoms. The lowest BCUT2D eigenvalue weighted by molar-refractivity contribution is -0.133. The minimum atomic E-state index is -0.498. The van der Waals surface area contributed by atoms with Crippen molar-refractivity contribution >= 4 is 22.9 Å². The van der Waals surface area contributed by atoms with Crippen molar-refractivity contribution < 1.29 is 19.0 Å². The third-order valence-electron chi connectivity index (χ3n) is 3.24. The summed E-state index contributed by atoms with van der Waals surface area (Å²) in [6.07, 6.45) is 3.16. The third kappa shape index (κ3) is 4.14. The number of carbonyl (C=O) groups is 1. The molecule has 6 heteroatoms. The zero-order chi connectivity index (χ0) is 17.7. The van der Waals surface area contributed by atoms with Crippen LogP contribution in [0.3, 0.4) is 0 Å². The van der Waals surface area contributed by atoms with Crippen molar-refractivity contribution in [2.75, 3.05) is 14.2 Å². The molecule has 1 aromatic carbocycles. The van der Waals surface area contributed by atoms with Crippen LogP contribution in [0.2, 0.25) is 0 Å². The van der Waals surface area contributed by atoms with Crippen molar-refractivity contribution in [1.29, 1.82) is 0 Å². The predicted molar refractivity (Wildman–Crippen MR) is 94.3 cm³/mol. The summed E-state index contributed by atoms with van der Waals surface area (Å²) in [4.78, 5) is 17.4. The summed E-state index contributed by atoms with van der Waals surface area (Å²) in [6.45, 7) is 6.36. The van der Waals surface area contributed by atoms with E-state index in [1.165, 1.54) is 31.8 Å². The molecule has 0 N–H and O–H groups in total. The Hall–Kier alpha value is -2.34. The quantitative estimate of drug-likeness (QED) is 0.456. The Balaban J connectivity index is 2.37. The summed E-state index contributed by atoms with van der Waals surface area (Å²) in [6, 6.07) is 7.20. The van der Waals surface area contributed by atoms with Gasteiger partial charge in [-0.05, 0) is 11.5 Å². The van der Waals surface area contributed by atoms with E-state index in [9.17, 15) is 4.79 Å². The molecular weight excluding hydrogens is 326 g/mol. The number of hydrogen-bond donors (Lipinski definition) is 0. The van der Waals surface area contributed by atoms with E-state index in [2.05, 4.69) is 25.8 Å². The fourth-order valence-electron chi connectivity index (χ4n) is 1.97. The molecule has 0 amide bonds. The number of methoxy groups -OCH3 is 2. The summed E-state index contributed by atoms with van der Waals surface area (Å²) in [7, 11) is 2.80. The molecule has 0 fully saturated rings. The first-order valence-corrected chi connectivity index (χ1v) is 8.23. The molecule has 0 spiro atoms. The first-order chi connectivity index (χ1) is 11.4. The average molecular weight is 347 g/mol. The van der Waals surface area contributed by atoms with Crippen LogP contribution in [0.15, 0.2) is 36.7 Å². The molecule has 0 unspecified atom stereocenters. The van der Waals surface area contributed by atoms with Gasteiger partial charge >= 0.3 is 5.97 Å². The molecule has 0 saturated heterocycles. The van der Waals surface area contributed by atoms with Crippen LogP contribution >= 0.6 is 11.3 Å². The van der Waals surface area contributed by atoms with Crippen molar-refractivity contribution in [2.45, 2.75) is 26.2 Å². The normalized spacial score (nSPS) is 12.0. The molecule has 1 heterocycles. The number of para-hydroxylation sites is 1. The molecule has 0 radical (unpaired) electrons. The van der Waals surface area contributed by atoms with E-state index in [0.717, 1.165) is 4.88 Å². The van der Waals surface area contributed by atoms with Crippen LogP contribution in [0.1, 0.15) is 31.2 Å². The molecule has 2 aromatic rings. The monoisotopic (exact) mass is 347 g/mol. The maximum absolute atomic E-state index is 12.0. The number of esters is 1. The van der Waals surface area contributed by atoms with E-state index in [1.54, 1.807) is 12.1 Å². The van der Waals surface area contributed by atoms with Crippen LogP contribution in [0.25, 0.3) is 5.57 Å². The second kappa shape index (κ2) is 7.49. The first-order valence-electron chi connectivity index (χ1n) is 7.41. The van der Waals surface area contributed by atoms with Gasteiger partial charge in [-0.15, -0.1) is 0 Å². The summed E-state index contributed by atoms with van der Waals surface area (Å²) in [5.74, 6) is 0.0171. The molecule has 0 saturated carbocycles. The van der Waals surface area contributed by atoms with Crippen LogP contribution < -0.4 is 4.74 Å². The highest BCUT2D eigenvalue weighted by Crippen LogP contribution is 2.36. The molecule has 128 valence electrons. The lowest BCUT2D eigenvalue weighted by Crippen LogP contribution is -2.07. The second-order valence-corrected chi connectivity index (χ2v) is 7.09. The summed E-state index contributed by atoms with van der Waals surface area (Å²) < 4.78 is 15.7. The number of nitrogens with zero attached hydrogens (tertiary/aromatic N) is 1. The van der Waals surface area contributed by atoms with Gasteiger partial charge in [0, 0.05) is 16.6 Å². The van der Waals surface area contributed by atoms with Gasteiger partial charge in [-0.1, -0.05) is 50.3 Å². The van der Waals surface area contributed by atoms with E-state index in [1.807, 2.05) is 18.3 Å². The summed E-state index contributed by atoms with van der Waals surface area (Å²) >= 11 is 1.48. The summed E-state index contributed by atoms with van der Waals surface area (Å²) in [5.41, 5.74) is 0.869. The van der Waals surface area contributed by atoms with Gasteiger partial charge in [0.1, 0.15) is 11.3 Å². The van der Waals surface area contributed by atoms with Gasteiger partial charge in [-0.25, -0.2) is 9.78 Å². The fourth-order valence-corrected chi connectivity index (χ4v) is 2.81. The van der Waals surface area contributed by atoms with Crippen LogP contribution in [-0.2, 0) is 19.7 Å². The topological polar surface area (TPSA) is 57.7 Å². The van der Waals surface area contributed by atoms with Crippen molar-refractivity contribution in [3.63, 3.8) is 0 Å². The zero-order valence-electron chi connectivity index (χ0n) is 14.5. The van der Waals surface area contributed by atoms with Crippen molar-refractivity contribution in [2.24, 2.45) is 0 Å². The third-order valence-corrected chi connectivity index (χ3v) is 4.54. The molecule has 5 nitrogen and oxygen atoms in total. The minimum Gasteiger partial charge on any atom is -0.503 e. The average Bonchev–Trinajstić information content (AvgIpc) is 3.01. The predicted octanol–water partition coefficient (Wildman–Crippen LogP) is 4.39. The van der Waals surface area contributed by atoms with E-state index >= 15 is 0 Å². The largest absolute Gasteiger partial charge is 0.503 e. The van der Waals surface area contributed by atoms with Crippen molar-refractivity contribution in [3.8, 4) is 10.9 Å². The summed E-state index contributed by atoms with van der Waals surface area (Å²) in [5, 5.41) is 0.522. The van der Waals surface area contributed by atoms with Crippen molar-refractivity contribution in [1.82, 2.24) is 4.98 Å². The van der Waals surface area contributed by atoms with Crippen LogP contribution in [0, 0.1) is 0 Å². The van der Waals surface area contributed by atoms with Crippen LogP contribution in [-0.4, -0.2) is 25.2 Å². The smallest absolute Gasteiger partial charge is 0.341 e. The van der Waals surface area contributed by atoms with Gasteiger partial charge in [-0.3, -0.25) is 0 Å². The van der Waals surface area contributed by atoms with Crippen LogP contribution in [0.5, 0.6) is 10.9 Å². The Kier molecular flexibility index (Phi) is 5.62. The number of benzene rings is 1. The lowest BCUT2D eigenvalue weighted by Gasteiger charge is -2.14. The number of hydrogen-bond acceptors (Lipinski definition) is 6. The number of rotatable bonds is 5. The highest BCUT2D eigenvalue weighted by molar-refractivity contribution is 7.13. The Labute approximate surface area is 145 Å². The molecule has 1 aromatic heterocycles. The highest BCUT2D eigenvalue weighted by atomic mass is 32.1. The first kappa shape index (κ1) is 18.0. The second-order valence-electron chi connectivity index (χ2n) is 6.10. The highest BCUT2D eigenvalue weighted by Gasteiger charge is 2.21. The number of thiazole rings is 1. The molecule has 0 aliphatic carbocycles. The van der Waals surface area contributed by atoms with Gasteiger partial charge in [0.05, 0.1) is 20.5 Å². The van der Waals surface area contributed by atoms with Gasteiger partial charge in [0.25, 0.3) is 5.19 Å². The molecule has 2 rings (SSSR count). The molecular formula is C18H21NO4S. The Morgan fingerprint density at radius 2 is 1.92 bits per heavy atom. The SMILES string of the molecule is CO/C=C(/C(=O)OC)c1ccccc1Oc1ncc(C(C)(C)C)s1. The zero-order valence-corrected chi connectivity index (χ0v) is 15.3. The minimum absolute atomic E-state index is 0.00588. The van der Waals surface area contributed by atoms with Crippen molar-refractivity contribution in [3.05, 3.63) is 47.2 Å². The standard InChI is InChI=1S/C18H21NO4S/c1-18(2,3)15-10-19-17(24-15)23-14-9-7-6-8-12(14)13(11-21-4)16(20)22-5/h6-11H,1-5H3/b13-11+. The number of aromatic nitrogens is 1. The van der Waals surface area contributed by atoms with Gasteiger partial charge < -0.3 is 14.2 Å². The Morgan fingerprint density at radius 1 is 1.21 bits per heavy atom. The van der Waals surface area contributed by atoms with Gasteiger partial charge in [0.2, 0.25) is 0 Å². The fraction of sp³-hybridized carbons (Fsp3) is 0.333. The molecule has 0 aliphatic heterocycles. The van der Waals surface area contributed by atoms with Gasteiger partial charge in [-0.2, -0.15) is 0 Å². The Bertz CT molecular complexity index is 743. The van der Waals surface area contributed by atoms with E-state index in [-0.39, 0.29) is 11.0 Å². The number of carbonyl (C=O) groups excluding carboxylic acids is 1. The van der Waals surface area contributed by atoms with E-state index in [0.29, 0.717) is 16.5 Å². The molecule has 0 atom stereocenters. The van der Waals surface area contributed by atoms with Crippen LogP contribution in [0.4, 0.5) is 0 Å².